The third-order valence-corrected chi connectivity index (χ3v) is 2.63. The molecule has 1 aliphatic heterocycles. The highest BCUT2D eigenvalue weighted by Gasteiger charge is 2.25. The van der Waals surface area contributed by atoms with Crippen LogP contribution in [0.25, 0.3) is 0 Å². The summed E-state index contributed by atoms with van der Waals surface area (Å²) in [7, 11) is 0. The third kappa shape index (κ3) is 1.94. The Kier molecular flexibility index (Phi) is 2.70. The van der Waals surface area contributed by atoms with Crippen molar-refractivity contribution in [2.24, 2.45) is 0 Å². The van der Waals surface area contributed by atoms with Crippen LogP contribution in [0.1, 0.15) is 6.42 Å². The second kappa shape index (κ2) is 4.02. The van der Waals surface area contributed by atoms with E-state index in [4.69, 9.17) is 17.3 Å². The number of nitrogens with one attached hydrogen (secondary N) is 1. The molecule has 6 heteroatoms. The predicted molar refractivity (Wildman–Crippen MR) is 61.4 cm³/mol. The molecule has 1 fully saturated rings. The SMILES string of the molecule is Nc1ccc(Cl)c(N2CCC(=O)NC2=O)c1. The number of hydrogen-bond acceptors (Lipinski definition) is 3. The van der Waals surface area contributed by atoms with Gasteiger partial charge < -0.3 is 5.73 Å². The van der Waals surface area contributed by atoms with Crippen molar-refractivity contribution in [3.8, 4) is 0 Å². The second-order valence-corrected chi connectivity index (χ2v) is 3.87. The lowest BCUT2D eigenvalue weighted by Gasteiger charge is -2.27. The van der Waals surface area contributed by atoms with Crippen LogP contribution in [0.2, 0.25) is 5.02 Å². The Morgan fingerprint density at radius 3 is 2.81 bits per heavy atom. The molecule has 0 radical (unpaired) electrons. The molecule has 2 rings (SSSR count). The summed E-state index contributed by atoms with van der Waals surface area (Å²) in [6.07, 6.45) is 0.261. The van der Waals surface area contributed by atoms with Crippen LogP contribution in [-0.2, 0) is 4.79 Å². The zero-order valence-corrected chi connectivity index (χ0v) is 9.12. The Balaban J connectivity index is 2.33. The average Bonchev–Trinajstić information content (AvgIpc) is 2.22. The molecular formula is C10H10ClN3O2. The van der Waals surface area contributed by atoms with Gasteiger partial charge in [0.1, 0.15) is 0 Å². The van der Waals surface area contributed by atoms with Crippen LogP contribution in [-0.4, -0.2) is 18.5 Å². The third-order valence-electron chi connectivity index (χ3n) is 2.31. The standard InChI is InChI=1S/C10H10ClN3O2/c11-7-2-1-6(12)5-8(7)14-4-3-9(15)13-10(14)16/h1-2,5H,3-4,12H2,(H,13,15,16). The van der Waals surface area contributed by atoms with E-state index in [1.54, 1.807) is 18.2 Å². The number of hydrogen-bond donors (Lipinski definition) is 2. The van der Waals surface area contributed by atoms with Crippen molar-refractivity contribution < 1.29 is 9.59 Å². The number of anilines is 2. The fourth-order valence-corrected chi connectivity index (χ4v) is 1.75. The van der Waals surface area contributed by atoms with Crippen LogP contribution in [0, 0.1) is 0 Å². The fraction of sp³-hybridized carbons (Fsp3) is 0.200. The van der Waals surface area contributed by atoms with Crippen molar-refractivity contribution in [3.63, 3.8) is 0 Å². The van der Waals surface area contributed by atoms with Gasteiger partial charge in [0.05, 0.1) is 10.7 Å². The number of halogens is 1. The number of nitrogens with zero attached hydrogens (tertiary/aromatic N) is 1. The Morgan fingerprint density at radius 1 is 1.38 bits per heavy atom. The summed E-state index contributed by atoms with van der Waals surface area (Å²) in [6, 6.07) is 4.41. The van der Waals surface area contributed by atoms with Gasteiger partial charge in [-0.25, -0.2) is 4.79 Å². The molecule has 1 saturated heterocycles. The highest BCUT2D eigenvalue weighted by molar-refractivity contribution is 6.34. The zero-order valence-electron chi connectivity index (χ0n) is 8.37. The number of rotatable bonds is 1. The lowest BCUT2D eigenvalue weighted by Crippen LogP contribution is -2.49. The normalized spacial score (nSPS) is 16.2. The van der Waals surface area contributed by atoms with Gasteiger partial charge >= 0.3 is 6.03 Å². The number of amides is 3. The highest BCUT2D eigenvalue weighted by Crippen LogP contribution is 2.29. The first-order chi connectivity index (χ1) is 7.58. The summed E-state index contributed by atoms with van der Waals surface area (Å²) >= 11 is 5.97. The fourth-order valence-electron chi connectivity index (χ4n) is 1.53. The lowest BCUT2D eigenvalue weighted by molar-refractivity contribution is -0.120. The summed E-state index contributed by atoms with van der Waals surface area (Å²) in [5.41, 5.74) is 6.66. The molecule has 1 aromatic carbocycles. The topological polar surface area (TPSA) is 75.4 Å². The van der Waals surface area contributed by atoms with Crippen molar-refractivity contribution >= 4 is 34.9 Å². The van der Waals surface area contributed by atoms with E-state index in [9.17, 15) is 9.59 Å². The van der Waals surface area contributed by atoms with Crippen molar-refractivity contribution in [3.05, 3.63) is 23.2 Å². The molecule has 0 spiro atoms. The molecular weight excluding hydrogens is 230 g/mol. The lowest BCUT2D eigenvalue weighted by atomic mass is 10.2. The smallest absolute Gasteiger partial charge is 0.328 e. The van der Waals surface area contributed by atoms with E-state index in [1.165, 1.54) is 4.90 Å². The van der Waals surface area contributed by atoms with Gasteiger partial charge in [-0.15, -0.1) is 0 Å². The number of benzene rings is 1. The van der Waals surface area contributed by atoms with Crippen molar-refractivity contribution in [2.75, 3.05) is 17.2 Å². The minimum Gasteiger partial charge on any atom is -0.399 e. The van der Waals surface area contributed by atoms with Crippen LogP contribution in [0.3, 0.4) is 0 Å². The molecule has 0 saturated carbocycles. The molecule has 0 bridgehead atoms. The van der Waals surface area contributed by atoms with Crippen molar-refractivity contribution in [1.29, 1.82) is 0 Å². The maximum Gasteiger partial charge on any atom is 0.328 e. The number of nitrogens with two attached hydrogens (primary N) is 1. The number of imide groups is 1. The molecule has 3 amide bonds. The summed E-state index contributed by atoms with van der Waals surface area (Å²) in [5, 5.41) is 2.65. The summed E-state index contributed by atoms with van der Waals surface area (Å²) in [5.74, 6) is -0.277. The van der Waals surface area contributed by atoms with Gasteiger partial charge in [0.25, 0.3) is 0 Å². The predicted octanol–water partition coefficient (Wildman–Crippen LogP) is 1.37. The van der Waals surface area contributed by atoms with Crippen LogP contribution in [0.15, 0.2) is 18.2 Å². The molecule has 0 aliphatic carbocycles. The average molecular weight is 240 g/mol. The van der Waals surface area contributed by atoms with Gasteiger partial charge in [-0.05, 0) is 18.2 Å². The highest BCUT2D eigenvalue weighted by atomic mass is 35.5. The van der Waals surface area contributed by atoms with Gasteiger partial charge in [0.15, 0.2) is 0 Å². The van der Waals surface area contributed by atoms with E-state index in [0.29, 0.717) is 22.9 Å². The Hall–Kier alpha value is -1.75. The molecule has 0 aromatic heterocycles. The number of carbonyl (C=O) groups is 2. The molecule has 16 heavy (non-hydrogen) atoms. The minimum atomic E-state index is -0.469. The number of nitrogen functional groups attached to an aromatic ring is 1. The van der Waals surface area contributed by atoms with E-state index >= 15 is 0 Å². The largest absolute Gasteiger partial charge is 0.399 e. The molecule has 1 aromatic rings. The summed E-state index contributed by atoms with van der Waals surface area (Å²) < 4.78 is 0. The van der Waals surface area contributed by atoms with Crippen LogP contribution in [0.4, 0.5) is 16.2 Å². The van der Waals surface area contributed by atoms with Gasteiger partial charge in [-0.2, -0.15) is 0 Å². The molecule has 1 aliphatic rings. The summed E-state index contributed by atoms with van der Waals surface area (Å²) in [4.78, 5) is 24.0. The Bertz CT molecular complexity index is 461. The van der Waals surface area contributed by atoms with Gasteiger partial charge in [-0.3, -0.25) is 15.0 Å². The first-order valence-corrected chi connectivity index (χ1v) is 5.12. The van der Waals surface area contributed by atoms with Gasteiger partial charge in [0, 0.05) is 18.7 Å². The van der Waals surface area contributed by atoms with Crippen LogP contribution < -0.4 is 16.0 Å². The molecule has 0 atom stereocenters. The monoisotopic (exact) mass is 239 g/mol. The number of urea groups is 1. The van der Waals surface area contributed by atoms with E-state index < -0.39 is 6.03 Å². The number of carbonyl (C=O) groups excluding carboxylic acids is 2. The summed E-state index contributed by atoms with van der Waals surface area (Å²) in [6.45, 7) is 0.313. The molecule has 3 N–H and O–H groups in total. The zero-order chi connectivity index (χ0) is 11.7. The molecule has 1 heterocycles. The van der Waals surface area contributed by atoms with E-state index in [0.717, 1.165) is 0 Å². The van der Waals surface area contributed by atoms with Crippen LogP contribution >= 0.6 is 11.6 Å². The molecule has 0 unspecified atom stereocenters. The quantitative estimate of drug-likeness (QED) is 0.727. The first kappa shape index (κ1) is 10.8. The minimum absolute atomic E-state index is 0.261. The van der Waals surface area contributed by atoms with Crippen LogP contribution in [0.5, 0.6) is 0 Å². The van der Waals surface area contributed by atoms with E-state index in [2.05, 4.69) is 5.32 Å². The van der Waals surface area contributed by atoms with Gasteiger partial charge in [-0.1, -0.05) is 11.6 Å². The van der Waals surface area contributed by atoms with Gasteiger partial charge in [0.2, 0.25) is 5.91 Å². The first-order valence-electron chi connectivity index (χ1n) is 4.74. The Labute approximate surface area is 97.2 Å². The maximum absolute atomic E-state index is 11.6. The Morgan fingerprint density at radius 2 is 2.12 bits per heavy atom. The molecule has 5 nitrogen and oxygen atoms in total. The van der Waals surface area contributed by atoms with E-state index in [1.807, 2.05) is 0 Å². The van der Waals surface area contributed by atoms with Crippen molar-refractivity contribution in [1.82, 2.24) is 5.32 Å². The van der Waals surface area contributed by atoms with E-state index in [-0.39, 0.29) is 12.3 Å². The van der Waals surface area contributed by atoms with Crippen molar-refractivity contribution in [2.45, 2.75) is 6.42 Å². The molecule has 84 valence electrons. The maximum atomic E-state index is 11.6. The second-order valence-electron chi connectivity index (χ2n) is 3.47.